The quantitative estimate of drug-likeness (QED) is 0.263. The molecule has 0 amide bonds. The number of benzene rings is 2. The van der Waals surface area contributed by atoms with Crippen LogP contribution in [0.2, 0.25) is 0 Å². The normalized spacial score (nSPS) is 12.5. The maximum atomic E-state index is 12.8. The molecule has 1 N–H and O–H groups in total. The number of nitrogens with one attached hydrogen (secondary N) is 1. The van der Waals surface area contributed by atoms with E-state index in [0.29, 0.717) is 30.4 Å². The Hall–Kier alpha value is -2.01. The predicted octanol–water partition coefficient (Wildman–Crippen LogP) is 3.97. The van der Waals surface area contributed by atoms with Crippen LogP contribution in [-0.4, -0.2) is 58.9 Å². The number of nitrogens with zero attached hydrogens (tertiary/aromatic N) is 2. The Bertz CT molecular complexity index is 968. The average molecular weight is 576 g/mol. The Labute approximate surface area is 209 Å². The number of sulfone groups is 1. The molecule has 7 nitrogen and oxygen atoms in total. The van der Waals surface area contributed by atoms with Gasteiger partial charge in [-0.15, -0.1) is 24.0 Å². The molecule has 32 heavy (non-hydrogen) atoms. The van der Waals surface area contributed by atoms with E-state index in [1.165, 1.54) is 0 Å². The highest BCUT2D eigenvalue weighted by Gasteiger charge is 2.22. The van der Waals surface area contributed by atoms with Crippen LogP contribution < -0.4 is 14.8 Å². The molecular weight excluding hydrogens is 541 g/mol. The summed E-state index contributed by atoms with van der Waals surface area (Å²) >= 11 is 0. The topological polar surface area (TPSA) is 80.2 Å². The predicted molar refractivity (Wildman–Crippen MR) is 140 cm³/mol. The van der Waals surface area contributed by atoms with Crippen molar-refractivity contribution < 1.29 is 17.9 Å². The molecule has 0 fully saturated rings. The summed E-state index contributed by atoms with van der Waals surface area (Å²) in [7, 11) is 1.76. The molecule has 0 radical (unpaired) electrons. The van der Waals surface area contributed by atoms with E-state index in [4.69, 9.17) is 9.47 Å². The Morgan fingerprint density at radius 1 is 1.09 bits per heavy atom. The van der Waals surface area contributed by atoms with Crippen molar-refractivity contribution in [2.24, 2.45) is 4.99 Å². The fourth-order valence-electron chi connectivity index (χ4n) is 3.17. The summed E-state index contributed by atoms with van der Waals surface area (Å²) in [5.41, 5.74) is 0.973. The van der Waals surface area contributed by atoms with E-state index in [1.807, 2.05) is 50.1 Å². The van der Waals surface area contributed by atoms with Gasteiger partial charge in [0.15, 0.2) is 15.8 Å². The first-order valence-corrected chi connectivity index (χ1v) is 12.0. The molecule has 2 rings (SSSR count). The molecule has 2 aromatic rings. The number of hydrogen-bond donors (Lipinski definition) is 1. The zero-order valence-electron chi connectivity index (χ0n) is 19.4. The van der Waals surface area contributed by atoms with Crippen LogP contribution in [0.5, 0.6) is 11.5 Å². The minimum atomic E-state index is -3.41. The second kappa shape index (κ2) is 13.5. The molecule has 0 bridgehead atoms. The maximum absolute atomic E-state index is 12.8. The summed E-state index contributed by atoms with van der Waals surface area (Å²) in [5.74, 6) is 2.09. The first-order valence-electron chi connectivity index (χ1n) is 10.3. The minimum Gasteiger partial charge on any atom is -0.497 e. The molecular formula is C23H34IN3O4S. The van der Waals surface area contributed by atoms with Crippen molar-refractivity contribution in [2.75, 3.05) is 33.6 Å². The number of guanidine groups is 1. The van der Waals surface area contributed by atoms with Crippen molar-refractivity contribution in [1.29, 1.82) is 0 Å². The molecule has 0 aromatic heterocycles. The summed E-state index contributed by atoms with van der Waals surface area (Å²) < 4.78 is 36.4. The highest BCUT2D eigenvalue weighted by atomic mass is 127. The van der Waals surface area contributed by atoms with Gasteiger partial charge in [-0.05, 0) is 37.6 Å². The van der Waals surface area contributed by atoms with Crippen LogP contribution in [0.4, 0.5) is 0 Å². The summed E-state index contributed by atoms with van der Waals surface area (Å²) in [5, 5.41) is 3.34. The Balaban J connectivity index is 0.00000512. The van der Waals surface area contributed by atoms with Gasteiger partial charge in [0.2, 0.25) is 0 Å². The van der Waals surface area contributed by atoms with Crippen molar-refractivity contribution in [3.63, 3.8) is 0 Å². The van der Waals surface area contributed by atoms with Gasteiger partial charge in [-0.3, -0.25) is 4.99 Å². The largest absolute Gasteiger partial charge is 0.497 e. The van der Waals surface area contributed by atoms with Crippen molar-refractivity contribution >= 4 is 39.8 Å². The molecule has 0 heterocycles. The van der Waals surface area contributed by atoms with Gasteiger partial charge >= 0.3 is 0 Å². The molecule has 0 aliphatic carbocycles. The van der Waals surface area contributed by atoms with Crippen LogP contribution >= 0.6 is 24.0 Å². The SMILES string of the molecule is CCN=C(NC(CC)CS(=O)(=O)c1ccccc1)N(C)Cc1ccc(OC)cc1OC.I. The molecule has 1 atom stereocenters. The third-order valence-electron chi connectivity index (χ3n) is 4.92. The molecule has 178 valence electrons. The van der Waals surface area contributed by atoms with E-state index < -0.39 is 9.84 Å². The van der Waals surface area contributed by atoms with E-state index in [2.05, 4.69) is 10.3 Å². The standard InChI is InChI=1S/C23H33N3O4S.HI/c1-6-19(17-31(27,28)21-11-9-8-10-12-21)25-23(24-7-2)26(3)16-18-13-14-20(29-4)15-22(18)30-5;/h8-15,19H,6-7,16-17H2,1-5H3,(H,24,25);1H. The third kappa shape index (κ3) is 7.84. The maximum Gasteiger partial charge on any atom is 0.194 e. The van der Waals surface area contributed by atoms with Gasteiger partial charge in [-0.2, -0.15) is 0 Å². The molecule has 0 aliphatic heterocycles. The van der Waals surface area contributed by atoms with Crippen LogP contribution in [0.25, 0.3) is 0 Å². The molecule has 0 saturated heterocycles. The molecule has 0 saturated carbocycles. The summed E-state index contributed by atoms with van der Waals surface area (Å²) in [6.07, 6.45) is 0.647. The van der Waals surface area contributed by atoms with Gasteiger partial charge in [0.05, 0.1) is 24.9 Å². The summed E-state index contributed by atoms with van der Waals surface area (Å²) in [6.45, 7) is 5.04. The first kappa shape index (κ1) is 28.0. The minimum absolute atomic E-state index is 0. The van der Waals surface area contributed by atoms with Gasteiger partial charge in [0.1, 0.15) is 11.5 Å². The highest BCUT2D eigenvalue weighted by molar-refractivity contribution is 14.0. The fourth-order valence-corrected chi connectivity index (χ4v) is 4.79. The molecule has 9 heteroatoms. The average Bonchev–Trinajstić information content (AvgIpc) is 2.78. The lowest BCUT2D eigenvalue weighted by Gasteiger charge is -2.27. The van der Waals surface area contributed by atoms with Crippen molar-refractivity contribution in [3.8, 4) is 11.5 Å². The molecule has 0 aliphatic rings. The van der Waals surface area contributed by atoms with Gasteiger partial charge in [-0.25, -0.2) is 8.42 Å². The highest BCUT2D eigenvalue weighted by Crippen LogP contribution is 2.25. The lowest BCUT2D eigenvalue weighted by atomic mass is 10.2. The second-order valence-corrected chi connectivity index (χ2v) is 9.21. The Kier molecular flexibility index (Phi) is 11.8. The third-order valence-corrected chi connectivity index (χ3v) is 6.75. The summed E-state index contributed by atoms with van der Waals surface area (Å²) in [4.78, 5) is 6.87. The smallest absolute Gasteiger partial charge is 0.194 e. The van der Waals surface area contributed by atoms with E-state index in [1.54, 1.807) is 38.5 Å². The number of halogens is 1. The zero-order valence-corrected chi connectivity index (χ0v) is 22.5. The van der Waals surface area contributed by atoms with Crippen LogP contribution in [0.3, 0.4) is 0 Å². The Morgan fingerprint density at radius 2 is 1.78 bits per heavy atom. The van der Waals surface area contributed by atoms with Gasteiger partial charge < -0.3 is 19.7 Å². The number of methoxy groups -OCH3 is 2. The fraction of sp³-hybridized carbons (Fsp3) is 0.435. The summed E-state index contributed by atoms with van der Waals surface area (Å²) in [6, 6.07) is 14.0. The number of hydrogen-bond acceptors (Lipinski definition) is 5. The van der Waals surface area contributed by atoms with Crippen molar-refractivity contribution in [3.05, 3.63) is 54.1 Å². The number of ether oxygens (including phenoxy) is 2. The van der Waals surface area contributed by atoms with Gasteiger partial charge in [0.25, 0.3) is 0 Å². The van der Waals surface area contributed by atoms with Crippen LogP contribution in [-0.2, 0) is 16.4 Å². The number of aliphatic imine (C=N–C) groups is 1. The van der Waals surface area contributed by atoms with E-state index in [-0.39, 0.29) is 35.8 Å². The monoisotopic (exact) mass is 575 g/mol. The second-order valence-electron chi connectivity index (χ2n) is 7.18. The van der Waals surface area contributed by atoms with E-state index >= 15 is 0 Å². The first-order chi connectivity index (χ1) is 14.8. The molecule has 2 aromatic carbocycles. The van der Waals surface area contributed by atoms with Crippen LogP contribution in [0.15, 0.2) is 58.4 Å². The van der Waals surface area contributed by atoms with E-state index in [9.17, 15) is 8.42 Å². The van der Waals surface area contributed by atoms with Crippen molar-refractivity contribution in [2.45, 2.75) is 37.8 Å². The Morgan fingerprint density at radius 3 is 2.34 bits per heavy atom. The molecule has 1 unspecified atom stereocenters. The van der Waals surface area contributed by atoms with Gasteiger partial charge in [-0.1, -0.05) is 25.1 Å². The lowest BCUT2D eigenvalue weighted by Crippen LogP contribution is -2.46. The lowest BCUT2D eigenvalue weighted by molar-refractivity contribution is 0.381. The number of rotatable bonds is 10. The van der Waals surface area contributed by atoms with E-state index in [0.717, 1.165) is 17.1 Å². The zero-order chi connectivity index (χ0) is 22.9. The van der Waals surface area contributed by atoms with Crippen LogP contribution in [0, 0.1) is 0 Å². The molecule has 0 spiro atoms. The van der Waals surface area contributed by atoms with Crippen LogP contribution in [0.1, 0.15) is 25.8 Å². The van der Waals surface area contributed by atoms with Gasteiger partial charge in [0, 0.05) is 37.8 Å². The van der Waals surface area contributed by atoms with Crippen molar-refractivity contribution in [1.82, 2.24) is 10.2 Å².